The van der Waals surface area contributed by atoms with Crippen LogP contribution >= 0.6 is 0 Å². The fourth-order valence-corrected chi connectivity index (χ4v) is 5.61. The SMILES string of the molecule is COCOc1c(-c2ccccc2)c(OC)nn1-c1[c-]c(Oc2[c-]c3c(cc2)c2ccccc2n3-c2cc(C(C)C)ccn2)ccc1.[Pt+2]. The molecule has 0 aliphatic carbocycles. The Labute approximate surface area is 287 Å². The van der Waals surface area contributed by atoms with E-state index in [1.807, 2.05) is 72.9 Å². The number of hydrogen-bond acceptors (Lipinski definition) is 6. The summed E-state index contributed by atoms with van der Waals surface area (Å²) in [5.41, 5.74) is 5.36. The number of rotatable bonds is 10. The summed E-state index contributed by atoms with van der Waals surface area (Å²) in [6, 6.07) is 38.8. The Bertz CT molecular complexity index is 2160. The molecule has 0 aliphatic heterocycles. The van der Waals surface area contributed by atoms with Crippen LogP contribution in [-0.4, -0.2) is 40.3 Å². The topological polar surface area (TPSA) is 72.6 Å². The molecule has 0 amide bonds. The largest absolute Gasteiger partial charge is 2.00 e. The Morgan fingerprint density at radius 2 is 1.60 bits per heavy atom. The van der Waals surface area contributed by atoms with Crippen LogP contribution in [0.5, 0.6) is 23.3 Å². The van der Waals surface area contributed by atoms with Crippen molar-refractivity contribution >= 4 is 21.8 Å². The molecule has 9 heteroatoms. The Hall–Kier alpha value is -4.91. The van der Waals surface area contributed by atoms with E-state index in [9.17, 15) is 0 Å². The number of pyridine rings is 1. The van der Waals surface area contributed by atoms with Crippen LogP contribution in [0.2, 0.25) is 0 Å². The molecular formula is C38H32N4O4Pt. The van der Waals surface area contributed by atoms with Gasteiger partial charge in [-0.3, -0.25) is 0 Å². The van der Waals surface area contributed by atoms with Crippen molar-refractivity contribution in [2.24, 2.45) is 0 Å². The van der Waals surface area contributed by atoms with Gasteiger partial charge < -0.3 is 23.5 Å². The fourth-order valence-electron chi connectivity index (χ4n) is 5.61. The van der Waals surface area contributed by atoms with Crippen LogP contribution in [0.3, 0.4) is 0 Å². The van der Waals surface area contributed by atoms with Gasteiger partial charge in [-0.25, -0.2) is 9.67 Å². The van der Waals surface area contributed by atoms with Gasteiger partial charge in [0.05, 0.1) is 7.11 Å². The quantitative estimate of drug-likeness (QED) is 0.102. The average Bonchev–Trinajstić information content (AvgIpc) is 3.63. The van der Waals surface area contributed by atoms with Gasteiger partial charge in [0.25, 0.3) is 0 Å². The summed E-state index contributed by atoms with van der Waals surface area (Å²) in [5.74, 6) is 3.13. The molecule has 238 valence electrons. The molecule has 0 atom stereocenters. The van der Waals surface area contributed by atoms with Gasteiger partial charge in [-0.05, 0) is 46.3 Å². The smallest absolute Gasteiger partial charge is 0.509 e. The third kappa shape index (κ3) is 6.14. The van der Waals surface area contributed by atoms with Gasteiger partial charge >= 0.3 is 21.1 Å². The second kappa shape index (κ2) is 13.8. The molecule has 7 aromatic rings. The van der Waals surface area contributed by atoms with E-state index in [1.165, 1.54) is 5.56 Å². The van der Waals surface area contributed by atoms with Crippen LogP contribution < -0.4 is 14.2 Å². The number of benzene rings is 4. The zero-order valence-corrected chi connectivity index (χ0v) is 28.6. The molecule has 0 saturated carbocycles. The van der Waals surface area contributed by atoms with Gasteiger partial charge in [0.1, 0.15) is 11.4 Å². The second-order valence-corrected chi connectivity index (χ2v) is 11.1. The van der Waals surface area contributed by atoms with Crippen LogP contribution in [-0.2, 0) is 25.8 Å². The van der Waals surface area contributed by atoms with Crippen LogP contribution in [0.1, 0.15) is 25.3 Å². The number of nitrogens with zero attached hydrogens (tertiary/aromatic N) is 4. The molecule has 0 spiro atoms. The van der Waals surface area contributed by atoms with E-state index in [1.54, 1.807) is 18.9 Å². The fraction of sp³-hybridized carbons (Fsp3) is 0.158. The van der Waals surface area contributed by atoms with E-state index >= 15 is 0 Å². The summed E-state index contributed by atoms with van der Waals surface area (Å²) in [6.07, 6.45) is 1.87. The number of para-hydroxylation sites is 1. The predicted molar refractivity (Wildman–Crippen MR) is 178 cm³/mol. The summed E-state index contributed by atoms with van der Waals surface area (Å²) in [5, 5.41) is 6.90. The zero-order valence-electron chi connectivity index (χ0n) is 26.3. The molecule has 7 rings (SSSR count). The van der Waals surface area contributed by atoms with Crippen LogP contribution in [0.15, 0.2) is 103 Å². The first-order chi connectivity index (χ1) is 22.6. The average molecular weight is 804 g/mol. The third-order valence-corrected chi connectivity index (χ3v) is 7.80. The Morgan fingerprint density at radius 3 is 2.38 bits per heavy atom. The van der Waals surface area contributed by atoms with Crippen molar-refractivity contribution in [3.63, 3.8) is 0 Å². The van der Waals surface area contributed by atoms with E-state index in [-0.39, 0.29) is 27.9 Å². The van der Waals surface area contributed by atoms with Gasteiger partial charge in [-0.2, -0.15) is 12.1 Å². The Kier molecular flexibility index (Phi) is 9.43. The Balaban J connectivity index is 0.00000386. The van der Waals surface area contributed by atoms with Gasteiger partial charge in [-0.1, -0.05) is 67.9 Å². The first-order valence-electron chi connectivity index (χ1n) is 15.0. The van der Waals surface area contributed by atoms with Crippen molar-refractivity contribution < 1.29 is 40.0 Å². The van der Waals surface area contributed by atoms with Crippen LogP contribution in [0, 0.1) is 12.1 Å². The van der Waals surface area contributed by atoms with Crippen molar-refractivity contribution in [3.05, 3.63) is 121 Å². The first kappa shape index (κ1) is 32.0. The molecule has 0 saturated heterocycles. The summed E-state index contributed by atoms with van der Waals surface area (Å²) in [7, 11) is 3.16. The summed E-state index contributed by atoms with van der Waals surface area (Å²) >= 11 is 0. The molecule has 0 N–H and O–H groups in total. The molecular weight excluding hydrogens is 772 g/mol. The number of fused-ring (bicyclic) bond motifs is 3. The Morgan fingerprint density at radius 1 is 0.809 bits per heavy atom. The molecule has 0 radical (unpaired) electrons. The number of ether oxygens (including phenoxy) is 4. The maximum Gasteiger partial charge on any atom is 2.00 e. The van der Waals surface area contributed by atoms with Gasteiger partial charge in [-0.15, -0.1) is 40.8 Å². The van der Waals surface area contributed by atoms with Gasteiger partial charge in [0, 0.05) is 30.3 Å². The monoisotopic (exact) mass is 803 g/mol. The van der Waals surface area contributed by atoms with Crippen molar-refractivity contribution in [2.45, 2.75) is 19.8 Å². The molecule has 3 aromatic heterocycles. The standard InChI is InChI=1S/C38H32N4O4.Pt/c1-25(2)27-19-20-39-35(21-27)41-33-16-9-8-15-31(33)32-18-17-30(23-34(32)41)46-29-14-10-13-28(22-29)42-38(45-24-43-3)36(37(40-42)44-4)26-11-6-5-7-12-26;/h5-21,25H,24H2,1-4H3;/q-2;+2. The first-order valence-corrected chi connectivity index (χ1v) is 15.0. The van der Waals surface area contributed by atoms with Crippen LogP contribution in [0.4, 0.5) is 0 Å². The third-order valence-electron chi connectivity index (χ3n) is 7.80. The molecule has 0 aliphatic rings. The minimum atomic E-state index is 0. The molecule has 0 bridgehead atoms. The number of methoxy groups -OCH3 is 2. The van der Waals surface area contributed by atoms with E-state index in [4.69, 9.17) is 29.0 Å². The summed E-state index contributed by atoms with van der Waals surface area (Å²) in [6.45, 7) is 4.40. The second-order valence-electron chi connectivity index (χ2n) is 11.1. The van der Waals surface area contributed by atoms with E-state index in [0.29, 0.717) is 40.4 Å². The minimum absolute atomic E-state index is 0. The molecule has 3 heterocycles. The van der Waals surface area contributed by atoms with Gasteiger partial charge in [0.2, 0.25) is 11.8 Å². The van der Waals surface area contributed by atoms with E-state index < -0.39 is 0 Å². The molecule has 0 unspecified atom stereocenters. The summed E-state index contributed by atoms with van der Waals surface area (Å²) in [4.78, 5) is 4.75. The van der Waals surface area contributed by atoms with Crippen molar-refractivity contribution in [1.82, 2.24) is 19.3 Å². The minimum Gasteiger partial charge on any atom is -0.509 e. The molecule has 47 heavy (non-hydrogen) atoms. The molecule has 4 aromatic carbocycles. The molecule has 8 nitrogen and oxygen atoms in total. The molecule has 0 fully saturated rings. The van der Waals surface area contributed by atoms with Crippen LogP contribution in [0.25, 0.3) is 44.4 Å². The van der Waals surface area contributed by atoms with Crippen molar-refractivity contribution in [2.75, 3.05) is 21.0 Å². The zero-order chi connectivity index (χ0) is 31.6. The summed E-state index contributed by atoms with van der Waals surface area (Å²) < 4.78 is 27.1. The van der Waals surface area contributed by atoms with Crippen molar-refractivity contribution in [3.8, 4) is 45.9 Å². The van der Waals surface area contributed by atoms with E-state index in [2.05, 4.69) is 60.9 Å². The van der Waals surface area contributed by atoms with E-state index in [0.717, 1.165) is 33.2 Å². The predicted octanol–water partition coefficient (Wildman–Crippen LogP) is 8.54. The maximum absolute atomic E-state index is 6.38. The number of aromatic nitrogens is 4. The van der Waals surface area contributed by atoms with Crippen molar-refractivity contribution in [1.29, 1.82) is 0 Å². The maximum atomic E-state index is 6.38. The van der Waals surface area contributed by atoms with Gasteiger partial charge in [0.15, 0.2) is 6.79 Å². The number of hydrogen-bond donors (Lipinski definition) is 0. The normalized spacial score (nSPS) is 11.2.